The van der Waals surface area contributed by atoms with Gasteiger partial charge < -0.3 is 25.2 Å². The predicted octanol–water partition coefficient (Wildman–Crippen LogP) is 6.93. The number of carboxylic acids is 1. The molecule has 1 aromatic heterocycles. The maximum atomic E-state index is 12.9. The molecule has 2 fully saturated rings. The van der Waals surface area contributed by atoms with Crippen molar-refractivity contribution in [2.75, 3.05) is 26.1 Å². The van der Waals surface area contributed by atoms with Crippen LogP contribution in [0.4, 0.5) is 23.7 Å². The first-order valence-electron chi connectivity index (χ1n) is 14.1. The zero-order valence-corrected chi connectivity index (χ0v) is 26.0. The first-order valence-corrected chi connectivity index (χ1v) is 14.8. The number of nitrogens with zero attached hydrogens (tertiary/aromatic N) is 2. The lowest BCUT2D eigenvalue weighted by Gasteiger charge is -2.45. The van der Waals surface area contributed by atoms with Crippen molar-refractivity contribution >= 4 is 40.9 Å². The number of amides is 2. The topological polar surface area (TPSA) is 113 Å². The van der Waals surface area contributed by atoms with Crippen molar-refractivity contribution in [3.8, 4) is 11.5 Å². The molecule has 2 aromatic carbocycles. The minimum Gasteiger partial charge on any atom is -0.493 e. The predicted molar refractivity (Wildman–Crippen MR) is 164 cm³/mol. The van der Waals surface area contributed by atoms with E-state index in [4.69, 9.17) is 42.6 Å². The number of nitrogens with one attached hydrogen (secondary N) is 2. The number of benzene rings is 2. The molecule has 1 saturated carbocycles. The van der Waals surface area contributed by atoms with E-state index < -0.39 is 12.1 Å². The summed E-state index contributed by atoms with van der Waals surface area (Å²) in [4.78, 5) is 28.3. The van der Waals surface area contributed by atoms with Crippen molar-refractivity contribution < 1.29 is 37.3 Å². The second kappa shape index (κ2) is 14.6. The van der Waals surface area contributed by atoms with E-state index >= 15 is 0 Å². The zero-order valence-electron chi connectivity index (χ0n) is 24.5. The fourth-order valence-corrected chi connectivity index (χ4v) is 6.62. The number of carbonyl (C=O) groups is 2. The molecular formula is C31H33Cl2F3N4O5. The molecule has 3 N–H and O–H groups in total. The van der Waals surface area contributed by atoms with Crippen LogP contribution in [0.25, 0.3) is 0 Å². The number of likely N-dealkylation sites (tertiary alicyclic amines) is 1. The highest BCUT2D eigenvalue weighted by atomic mass is 35.5. The summed E-state index contributed by atoms with van der Waals surface area (Å²) in [7, 11) is 3.33. The highest BCUT2D eigenvalue weighted by Gasteiger charge is 2.51. The molecule has 3 aromatic rings. The molecule has 0 radical (unpaired) electrons. The Labute approximate surface area is 268 Å². The van der Waals surface area contributed by atoms with Crippen molar-refractivity contribution in [1.29, 1.82) is 0 Å². The minimum absolute atomic E-state index is 0.0254. The van der Waals surface area contributed by atoms with Crippen LogP contribution in [0.1, 0.15) is 36.8 Å². The van der Waals surface area contributed by atoms with E-state index in [-0.39, 0.29) is 33.8 Å². The van der Waals surface area contributed by atoms with Crippen LogP contribution in [0.2, 0.25) is 10.3 Å². The Morgan fingerprint density at radius 2 is 1.67 bits per heavy atom. The monoisotopic (exact) mass is 668 g/mol. The van der Waals surface area contributed by atoms with Crippen LogP contribution < -0.4 is 20.1 Å². The molecular weight excluding hydrogens is 636 g/mol. The molecule has 5 rings (SSSR count). The largest absolute Gasteiger partial charge is 0.493 e. The Morgan fingerprint density at radius 1 is 1.02 bits per heavy atom. The average Bonchev–Trinajstić information content (AvgIpc) is 3.35. The van der Waals surface area contributed by atoms with Crippen LogP contribution in [0.5, 0.6) is 11.5 Å². The molecule has 2 heterocycles. The smallest absolute Gasteiger partial charge is 0.490 e. The Hall–Kier alpha value is -3.74. The van der Waals surface area contributed by atoms with E-state index in [1.54, 1.807) is 26.4 Å². The lowest BCUT2D eigenvalue weighted by molar-refractivity contribution is -0.192. The first-order chi connectivity index (χ1) is 21.3. The summed E-state index contributed by atoms with van der Waals surface area (Å²) in [6.45, 7) is 1.86. The number of pyridine rings is 1. The third-order valence-electron chi connectivity index (χ3n) is 8.16. The molecule has 2 aliphatic rings. The third kappa shape index (κ3) is 8.50. The van der Waals surface area contributed by atoms with Crippen LogP contribution in [0.3, 0.4) is 0 Å². The number of carbonyl (C=O) groups excluding carboxylic acids is 1. The van der Waals surface area contributed by atoms with Gasteiger partial charge in [0.2, 0.25) is 0 Å². The second-order valence-electron chi connectivity index (χ2n) is 10.8. The van der Waals surface area contributed by atoms with E-state index in [1.165, 1.54) is 11.1 Å². The van der Waals surface area contributed by atoms with E-state index in [2.05, 4.69) is 56.9 Å². The fraction of sp³-hybridized carbons (Fsp3) is 0.387. The molecule has 1 aliphatic heterocycles. The first kappa shape index (κ1) is 34.1. The van der Waals surface area contributed by atoms with Crippen molar-refractivity contribution in [3.63, 3.8) is 0 Å². The maximum Gasteiger partial charge on any atom is 0.490 e. The van der Waals surface area contributed by atoms with Gasteiger partial charge in [-0.2, -0.15) is 13.2 Å². The van der Waals surface area contributed by atoms with Gasteiger partial charge in [-0.3, -0.25) is 4.90 Å². The van der Waals surface area contributed by atoms with Gasteiger partial charge in [-0.15, -0.1) is 0 Å². The lowest BCUT2D eigenvalue weighted by atomic mass is 9.65. The van der Waals surface area contributed by atoms with Gasteiger partial charge in [0, 0.05) is 29.7 Å². The Balaban J connectivity index is 0.000000591. The number of urea groups is 1. The summed E-state index contributed by atoms with van der Waals surface area (Å²) in [5, 5.41) is 13.6. The van der Waals surface area contributed by atoms with Crippen molar-refractivity contribution in [3.05, 3.63) is 82.1 Å². The molecule has 14 heteroatoms. The molecule has 45 heavy (non-hydrogen) atoms. The van der Waals surface area contributed by atoms with Gasteiger partial charge in [-0.25, -0.2) is 14.6 Å². The number of methoxy groups -OCH3 is 2. The number of hydrogen-bond acceptors (Lipinski definition) is 6. The van der Waals surface area contributed by atoms with E-state index in [1.807, 2.05) is 12.1 Å². The lowest BCUT2D eigenvalue weighted by Crippen LogP contribution is -2.52. The molecule has 3 atom stereocenters. The number of carboxylic acid groups (broad SMARTS) is 1. The summed E-state index contributed by atoms with van der Waals surface area (Å²) in [6, 6.07) is 20.0. The van der Waals surface area contributed by atoms with Gasteiger partial charge in [-0.05, 0) is 67.6 Å². The van der Waals surface area contributed by atoms with Gasteiger partial charge in [0.15, 0.2) is 11.5 Å². The van der Waals surface area contributed by atoms with Crippen molar-refractivity contribution in [1.82, 2.24) is 15.2 Å². The number of hydrogen-bond donors (Lipinski definition) is 3. The molecule has 0 unspecified atom stereocenters. The number of alkyl halides is 3. The summed E-state index contributed by atoms with van der Waals surface area (Å²) >= 11 is 12.0. The summed E-state index contributed by atoms with van der Waals surface area (Å²) in [6.07, 6.45) is -1.37. The number of fused-ring (bicyclic) bond motifs is 1. The van der Waals surface area contributed by atoms with E-state index in [0.29, 0.717) is 5.69 Å². The van der Waals surface area contributed by atoms with Crippen LogP contribution in [-0.2, 0) is 16.8 Å². The highest BCUT2D eigenvalue weighted by Crippen LogP contribution is 2.50. The van der Waals surface area contributed by atoms with Gasteiger partial charge in [0.05, 0.1) is 14.2 Å². The standard InChI is InChI=1S/C29H32Cl2N4O3.C2HF3O2/c1-37-23-9-8-20(14-24(23)38-2)29-11-10-21(32-28(36)33-22-16-26(30)34-27(31)17-22)15-25(29)35(13-12-29)18-19-6-4-3-5-7-19;3-2(4,5)1(6)7/h3-9,14,16-17,21,25H,10-13,15,18H2,1-2H3,(H2,32,33,34,36);(H,6,7)/t21-,25-,29-;/m0./s1. The number of aromatic nitrogens is 1. The van der Waals surface area contributed by atoms with Gasteiger partial charge in [0.25, 0.3) is 0 Å². The van der Waals surface area contributed by atoms with E-state index in [9.17, 15) is 18.0 Å². The zero-order chi connectivity index (χ0) is 32.8. The SMILES string of the molecule is COc1ccc([C@@]23CC[C@H](NC(=O)Nc4cc(Cl)nc(Cl)c4)C[C@@H]2N(Cc2ccccc2)CC3)cc1OC.O=C(O)C(F)(F)F. The molecule has 0 spiro atoms. The van der Waals surface area contributed by atoms with Crippen molar-refractivity contribution in [2.45, 2.75) is 55.9 Å². The van der Waals surface area contributed by atoms with Crippen LogP contribution in [-0.4, -0.2) is 66.0 Å². The van der Waals surface area contributed by atoms with Gasteiger partial charge in [-0.1, -0.05) is 59.6 Å². The maximum absolute atomic E-state index is 12.9. The normalized spacial score (nSPS) is 21.1. The van der Waals surface area contributed by atoms with Gasteiger partial charge in [0.1, 0.15) is 10.3 Å². The highest BCUT2D eigenvalue weighted by molar-refractivity contribution is 6.33. The molecule has 0 bridgehead atoms. The quantitative estimate of drug-likeness (QED) is 0.234. The molecule has 1 aliphatic carbocycles. The summed E-state index contributed by atoms with van der Waals surface area (Å²) in [5.74, 6) is -1.28. The van der Waals surface area contributed by atoms with Crippen molar-refractivity contribution in [2.24, 2.45) is 0 Å². The fourth-order valence-electron chi connectivity index (χ4n) is 6.16. The third-order valence-corrected chi connectivity index (χ3v) is 8.54. The summed E-state index contributed by atoms with van der Waals surface area (Å²) in [5.41, 5.74) is 3.03. The number of halogens is 5. The molecule has 242 valence electrons. The molecule has 9 nitrogen and oxygen atoms in total. The minimum atomic E-state index is -5.08. The van der Waals surface area contributed by atoms with Gasteiger partial charge >= 0.3 is 18.2 Å². The van der Waals surface area contributed by atoms with E-state index in [0.717, 1.165) is 50.3 Å². The second-order valence-corrected chi connectivity index (χ2v) is 11.6. The Kier molecular flexibility index (Phi) is 11.1. The van der Waals surface area contributed by atoms with Crippen LogP contribution >= 0.6 is 23.2 Å². The number of anilines is 1. The molecule has 2 amide bonds. The average molecular weight is 670 g/mol. The summed E-state index contributed by atoms with van der Waals surface area (Å²) < 4.78 is 42.9. The number of ether oxygens (including phenoxy) is 2. The van der Waals surface area contributed by atoms with Crippen LogP contribution in [0, 0.1) is 0 Å². The number of rotatable bonds is 7. The Bertz CT molecular complexity index is 1480. The van der Waals surface area contributed by atoms with Crippen LogP contribution in [0.15, 0.2) is 60.7 Å². The number of aliphatic carboxylic acids is 1. The Morgan fingerprint density at radius 3 is 2.27 bits per heavy atom. The molecule has 1 saturated heterocycles.